The molecule has 1 aromatic carbocycles. The Hall–Kier alpha value is -1.79. The summed E-state index contributed by atoms with van der Waals surface area (Å²) in [7, 11) is 1.27. The van der Waals surface area contributed by atoms with Gasteiger partial charge in [-0.15, -0.1) is 0 Å². The van der Waals surface area contributed by atoms with E-state index in [1.807, 2.05) is 6.92 Å². The lowest BCUT2D eigenvalue weighted by Crippen LogP contribution is -2.25. The Morgan fingerprint density at radius 3 is 2.52 bits per heavy atom. The van der Waals surface area contributed by atoms with Crippen LogP contribution in [0.15, 0.2) is 18.2 Å². The Labute approximate surface area is 119 Å². The van der Waals surface area contributed by atoms with Crippen molar-refractivity contribution in [1.29, 1.82) is 0 Å². The van der Waals surface area contributed by atoms with E-state index in [0.717, 1.165) is 12.1 Å². The number of methoxy groups -OCH3 is 1. The Morgan fingerprint density at radius 2 is 2.00 bits per heavy atom. The highest BCUT2D eigenvalue weighted by Crippen LogP contribution is 2.35. The van der Waals surface area contributed by atoms with Crippen LogP contribution in [0.25, 0.3) is 0 Å². The van der Waals surface area contributed by atoms with Gasteiger partial charge in [-0.2, -0.15) is 13.2 Å². The number of anilines is 1. The van der Waals surface area contributed by atoms with Crippen LogP contribution in [0.5, 0.6) is 0 Å². The van der Waals surface area contributed by atoms with Gasteiger partial charge < -0.3 is 9.64 Å². The van der Waals surface area contributed by atoms with Gasteiger partial charge in [0, 0.05) is 13.1 Å². The summed E-state index contributed by atoms with van der Waals surface area (Å²) in [5.41, 5.74) is -0.957. The van der Waals surface area contributed by atoms with Crippen LogP contribution in [0.2, 0.25) is 0 Å². The number of carbonyl (C=O) groups is 1. The van der Waals surface area contributed by atoms with Crippen LogP contribution in [0.4, 0.5) is 23.2 Å². The first-order valence-electron chi connectivity index (χ1n) is 6.43. The number of ether oxygens (including phenoxy) is 1. The number of nitrogens with zero attached hydrogens (tertiary/aromatic N) is 1. The van der Waals surface area contributed by atoms with E-state index >= 15 is 0 Å². The minimum Gasteiger partial charge on any atom is -0.469 e. The first-order chi connectivity index (χ1) is 9.74. The first-order valence-corrected chi connectivity index (χ1v) is 6.43. The van der Waals surface area contributed by atoms with Crippen molar-refractivity contribution in [3.8, 4) is 0 Å². The number of rotatable bonds is 2. The number of hydrogen-bond acceptors (Lipinski definition) is 3. The highest BCUT2D eigenvalue weighted by atomic mass is 19.4. The molecule has 1 aliphatic heterocycles. The topological polar surface area (TPSA) is 29.5 Å². The number of esters is 1. The average Bonchev–Trinajstić information content (AvgIpc) is 2.78. The van der Waals surface area contributed by atoms with E-state index in [0.29, 0.717) is 12.6 Å². The van der Waals surface area contributed by atoms with Crippen molar-refractivity contribution >= 4 is 11.7 Å². The van der Waals surface area contributed by atoms with Gasteiger partial charge in [0.1, 0.15) is 5.82 Å². The summed E-state index contributed by atoms with van der Waals surface area (Å²) in [6.45, 7) is 2.45. The number of alkyl halides is 3. The van der Waals surface area contributed by atoms with Gasteiger partial charge in [0.15, 0.2) is 0 Å². The fraction of sp³-hybridized carbons (Fsp3) is 0.500. The zero-order valence-corrected chi connectivity index (χ0v) is 11.6. The van der Waals surface area contributed by atoms with Gasteiger partial charge in [0.25, 0.3) is 0 Å². The summed E-state index contributed by atoms with van der Waals surface area (Å²) >= 11 is 0. The largest absolute Gasteiger partial charge is 0.469 e. The minimum absolute atomic E-state index is 0.0563. The lowest BCUT2D eigenvalue weighted by atomic mass is 9.99. The standard InChI is InChI=1S/C14H15F4NO2/c1-8-6-19(7-10(8)13(20)21-2)12-4-3-9(5-11(12)15)14(16,17)18/h3-5,8,10H,6-7H2,1-2H3. The van der Waals surface area contributed by atoms with Gasteiger partial charge in [-0.25, -0.2) is 4.39 Å². The molecule has 0 radical (unpaired) electrons. The molecule has 0 bridgehead atoms. The summed E-state index contributed by atoms with van der Waals surface area (Å²) in [5, 5.41) is 0. The minimum atomic E-state index is -4.58. The SMILES string of the molecule is COC(=O)C1CN(c2ccc(C(F)(F)F)cc2F)CC1C. The molecule has 0 aromatic heterocycles. The summed E-state index contributed by atoms with van der Waals surface area (Å²) in [6, 6.07) is 2.42. The molecule has 3 nitrogen and oxygen atoms in total. The van der Waals surface area contributed by atoms with Crippen LogP contribution in [-0.2, 0) is 15.7 Å². The Balaban J connectivity index is 2.22. The average molecular weight is 305 g/mol. The first kappa shape index (κ1) is 15.6. The van der Waals surface area contributed by atoms with E-state index in [1.54, 1.807) is 4.90 Å². The quantitative estimate of drug-likeness (QED) is 0.621. The summed E-state index contributed by atoms with van der Waals surface area (Å²) in [5.74, 6) is -1.80. The van der Waals surface area contributed by atoms with E-state index in [9.17, 15) is 22.4 Å². The normalized spacial score (nSPS) is 22.5. The van der Waals surface area contributed by atoms with Crippen LogP contribution < -0.4 is 4.90 Å². The number of hydrogen-bond donors (Lipinski definition) is 0. The molecule has 116 valence electrons. The maximum absolute atomic E-state index is 13.9. The highest BCUT2D eigenvalue weighted by Gasteiger charge is 2.37. The summed E-state index contributed by atoms with van der Waals surface area (Å²) in [6.07, 6.45) is -4.58. The molecule has 1 heterocycles. The molecule has 1 aromatic rings. The van der Waals surface area contributed by atoms with E-state index < -0.39 is 29.4 Å². The van der Waals surface area contributed by atoms with Gasteiger partial charge in [0.2, 0.25) is 0 Å². The van der Waals surface area contributed by atoms with Crippen molar-refractivity contribution in [3.05, 3.63) is 29.6 Å². The van der Waals surface area contributed by atoms with Crippen molar-refractivity contribution < 1.29 is 27.1 Å². The third-order valence-electron chi connectivity index (χ3n) is 3.73. The van der Waals surface area contributed by atoms with Gasteiger partial charge >= 0.3 is 12.1 Å². The van der Waals surface area contributed by atoms with Crippen LogP contribution in [0.3, 0.4) is 0 Å². The molecule has 0 N–H and O–H groups in total. The van der Waals surface area contributed by atoms with E-state index in [-0.39, 0.29) is 18.2 Å². The Morgan fingerprint density at radius 1 is 1.33 bits per heavy atom. The number of carbonyl (C=O) groups excluding carboxylic acids is 1. The maximum atomic E-state index is 13.9. The Kier molecular flexibility index (Phi) is 4.11. The molecular formula is C14H15F4NO2. The predicted molar refractivity (Wildman–Crippen MR) is 68.3 cm³/mol. The monoisotopic (exact) mass is 305 g/mol. The molecule has 0 aliphatic carbocycles. The van der Waals surface area contributed by atoms with Gasteiger partial charge in [-0.3, -0.25) is 4.79 Å². The smallest absolute Gasteiger partial charge is 0.416 e. The molecule has 7 heteroatoms. The zero-order valence-electron chi connectivity index (χ0n) is 11.6. The Bertz CT molecular complexity index is 544. The fourth-order valence-corrected chi connectivity index (χ4v) is 2.56. The fourth-order valence-electron chi connectivity index (χ4n) is 2.56. The van der Waals surface area contributed by atoms with Crippen molar-refractivity contribution in [2.75, 3.05) is 25.1 Å². The van der Waals surface area contributed by atoms with Crippen LogP contribution >= 0.6 is 0 Å². The molecular weight excluding hydrogens is 290 g/mol. The summed E-state index contributed by atoms with van der Waals surface area (Å²) in [4.78, 5) is 13.2. The van der Waals surface area contributed by atoms with Crippen LogP contribution in [0.1, 0.15) is 12.5 Å². The third kappa shape index (κ3) is 3.11. The van der Waals surface area contributed by atoms with Crippen LogP contribution in [-0.4, -0.2) is 26.2 Å². The second-order valence-corrected chi connectivity index (χ2v) is 5.18. The third-order valence-corrected chi connectivity index (χ3v) is 3.73. The second kappa shape index (κ2) is 5.54. The molecule has 0 amide bonds. The molecule has 2 rings (SSSR count). The summed E-state index contributed by atoms with van der Waals surface area (Å²) < 4.78 is 56.1. The molecule has 0 spiro atoms. The molecule has 21 heavy (non-hydrogen) atoms. The maximum Gasteiger partial charge on any atom is 0.416 e. The van der Waals surface area contributed by atoms with Crippen molar-refractivity contribution in [1.82, 2.24) is 0 Å². The molecule has 1 saturated heterocycles. The lowest BCUT2D eigenvalue weighted by molar-refractivity contribution is -0.145. The molecule has 1 aliphatic rings. The van der Waals surface area contributed by atoms with E-state index in [4.69, 9.17) is 0 Å². The molecule has 2 atom stereocenters. The molecule has 0 saturated carbocycles. The molecule has 2 unspecified atom stereocenters. The van der Waals surface area contributed by atoms with Gasteiger partial charge in [-0.1, -0.05) is 6.92 Å². The second-order valence-electron chi connectivity index (χ2n) is 5.18. The van der Waals surface area contributed by atoms with Crippen molar-refractivity contribution in [2.45, 2.75) is 13.1 Å². The number of benzene rings is 1. The van der Waals surface area contributed by atoms with Gasteiger partial charge in [0.05, 0.1) is 24.3 Å². The van der Waals surface area contributed by atoms with Crippen molar-refractivity contribution in [3.63, 3.8) is 0 Å². The zero-order chi connectivity index (χ0) is 15.8. The number of halogens is 4. The highest BCUT2D eigenvalue weighted by molar-refractivity contribution is 5.74. The predicted octanol–water partition coefficient (Wildman–Crippen LogP) is 3.09. The van der Waals surface area contributed by atoms with Crippen LogP contribution in [0, 0.1) is 17.7 Å². The van der Waals surface area contributed by atoms with Gasteiger partial charge in [-0.05, 0) is 24.1 Å². The lowest BCUT2D eigenvalue weighted by Gasteiger charge is -2.20. The van der Waals surface area contributed by atoms with E-state index in [1.165, 1.54) is 7.11 Å². The van der Waals surface area contributed by atoms with Crippen molar-refractivity contribution in [2.24, 2.45) is 11.8 Å². The molecule has 1 fully saturated rings. The van der Waals surface area contributed by atoms with E-state index in [2.05, 4.69) is 4.74 Å².